The molecule has 1 aliphatic heterocycles. The van der Waals surface area contributed by atoms with Crippen molar-refractivity contribution in [3.63, 3.8) is 0 Å². The summed E-state index contributed by atoms with van der Waals surface area (Å²) in [5.74, 6) is -0.508. The molecule has 32 heavy (non-hydrogen) atoms. The van der Waals surface area contributed by atoms with Crippen LogP contribution >= 0.6 is 0 Å². The van der Waals surface area contributed by atoms with E-state index in [0.717, 1.165) is 11.3 Å². The average Bonchev–Trinajstić information content (AvgIpc) is 3.01. The van der Waals surface area contributed by atoms with Crippen LogP contribution < -0.4 is 4.74 Å². The fourth-order valence-electron chi connectivity index (χ4n) is 3.75. The minimum absolute atomic E-state index is 0.00818. The monoisotopic (exact) mass is 444 g/mol. The van der Waals surface area contributed by atoms with E-state index in [0.29, 0.717) is 12.2 Å². The summed E-state index contributed by atoms with van der Waals surface area (Å²) in [5.41, 5.74) is 0.556. The first kappa shape index (κ1) is 24.2. The number of aliphatic hydroxyl groups is 1. The Morgan fingerprint density at radius 2 is 1.78 bits per heavy atom. The van der Waals surface area contributed by atoms with Gasteiger partial charge < -0.3 is 28.8 Å². The molecule has 0 radical (unpaired) electrons. The van der Waals surface area contributed by atoms with Crippen molar-refractivity contribution < 1.29 is 33.6 Å². The maximum Gasteiger partial charge on any atom is 0.338 e. The molecule has 1 N–H and O–H groups in total. The highest BCUT2D eigenvalue weighted by molar-refractivity contribution is 5.89. The van der Waals surface area contributed by atoms with E-state index in [1.54, 1.807) is 45.2 Å². The van der Waals surface area contributed by atoms with Crippen LogP contribution in [0.25, 0.3) is 0 Å². The highest BCUT2D eigenvalue weighted by Gasteiger charge is 2.51. The van der Waals surface area contributed by atoms with E-state index in [1.165, 1.54) is 0 Å². The molecule has 1 aliphatic rings. The van der Waals surface area contributed by atoms with Crippen molar-refractivity contribution in [3.8, 4) is 5.75 Å². The standard InChI is InChI=1S/C25H32O7/c1-24(2)31-22(14-20(26)16-29-15-18-10-12-21(28-4)13-11-18)25(3,32-24)17-30-23(27)19-8-6-5-7-9-19/h5-13,20,22,26H,14-17H2,1-4H3/t20-,22-,25-/m1/s1. The zero-order chi connectivity index (χ0) is 23.2. The van der Waals surface area contributed by atoms with Gasteiger partial charge in [-0.2, -0.15) is 0 Å². The van der Waals surface area contributed by atoms with E-state index >= 15 is 0 Å². The number of hydrogen-bond donors (Lipinski definition) is 1. The van der Waals surface area contributed by atoms with Gasteiger partial charge in [-0.05, 0) is 50.6 Å². The molecule has 0 aliphatic carbocycles. The molecule has 3 atom stereocenters. The molecular formula is C25H32O7. The van der Waals surface area contributed by atoms with Crippen molar-refractivity contribution in [2.75, 3.05) is 20.3 Å². The third-order valence-electron chi connectivity index (χ3n) is 5.31. The molecule has 1 fully saturated rings. The van der Waals surface area contributed by atoms with E-state index in [-0.39, 0.29) is 19.6 Å². The number of carbonyl (C=O) groups is 1. The van der Waals surface area contributed by atoms with Crippen LogP contribution in [0.2, 0.25) is 0 Å². The Morgan fingerprint density at radius 1 is 1.09 bits per heavy atom. The predicted molar refractivity (Wildman–Crippen MR) is 118 cm³/mol. The van der Waals surface area contributed by atoms with E-state index in [9.17, 15) is 9.90 Å². The van der Waals surface area contributed by atoms with Crippen molar-refractivity contribution in [3.05, 3.63) is 65.7 Å². The minimum atomic E-state index is -0.898. The van der Waals surface area contributed by atoms with Gasteiger partial charge in [0, 0.05) is 6.42 Å². The maximum absolute atomic E-state index is 12.4. The molecule has 2 aromatic carbocycles. The molecule has 1 saturated heterocycles. The highest BCUT2D eigenvalue weighted by Crippen LogP contribution is 2.39. The smallest absolute Gasteiger partial charge is 0.338 e. The van der Waals surface area contributed by atoms with Crippen LogP contribution in [0.3, 0.4) is 0 Å². The molecule has 0 bridgehead atoms. The van der Waals surface area contributed by atoms with E-state index < -0.39 is 29.6 Å². The van der Waals surface area contributed by atoms with Gasteiger partial charge in [0.2, 0.25) is 0 Å². The fraction of sp³-hybridized carbons (Fsp3) is 0.480. The Labute approximate surface area is 189 Å². The molecule has 0 spiro atoms. The zero-order valence-electron chi connectivity index (χ0n) is 19.1. The lowest BCUT2D eigenvalue weighted by molar-refractivity contribution is -0.167. The van der Waals surface area contributed by atoms with Crippen LogP contribution in [0.5, 0.6) is 5.75 Å². The molecule has 0 saturated carbocycles. The summed E-state index contributed by atoms with van der Waals surface area (Å²) in [6.07, 6.45) is -0.952. The molecule has 2 aromatic rings. The second kappa shape index (κ2) is 10.4. The van der Waals surface area contributed by atoms with Crippen molar-refractivity contribution >= 4 is 5.97 Å². The summed E-state index contributed by atoms with van der Waals surface area (Å²) in [4.78, 5) is 12.4. The first-order chi connectivity index (χ1) is 15.2. The van der Waals surface area contributed by atoms with Crippen LogP contribution in [0.4, 0.5) is 0 Å². The third kappa shape index (κ3) is 6.53. The first-order valence-corrected chi connectivity index (χ1v) is 10.7. The van der Waals surface area contributed by atoms with Crippen molar-refractivity contribution in [2.24, 2.45) is 0 Å². The van der Waals surface area contributed by atoms with Crippen molar-refractivity contribution in [2.45, 2.75) is 57.4 Å². The second-order valence-electron chi connectivity index (χ2n) is 8.62. The number of hydrogen-bond acceptors (Lipinski definition) is 7. The Kier molecular flexibility index (Phi) is 7.90. The second-order valence-corrected chi connectivity index (χ2v) is 8.62. The number of methoxy groups -OCH3 is 1. The quantitative estimate of drug-likeness (QED) is 0.559. The molecule has 0 amide bonds. The van der Waals surface area contributed by atoms with Crippen LogP contribution in [-0.4, -0.2) is 55.0 Å². The minimum Gasteiger partial charge on any atom is -0.497 e. The Morgan fingerprint density at radius 3 is 2.44 bits per heavy atom. The van der Waals surface area contributed by atoms with Gasteiger partial charge in [-0.25, -0.2) is 4.79 Å². The van der Waals surface area contributed by atoms with Gasteiger partial charge >= 0.3 is 5.97 Å². The summed E-state index contributed by atoms with van der Waals surface area (Å²) in [5, 5.41) is 10.5. The van der Waals surface area contributed by atoms with Crippen LogP contribution in [-0.2, 0) is 25.6 Å². The zero-order valence-corrected chi connectivity index (χ0v) is 19.1. The number of aliphatic hydroxyl groups excluding tert-OH is 1. The lowest BCUT2D eigenvalue weighted by Crippen LogP contribution is -2.44. The van der Waals surface area contributed by atoms with Gasteiger partial charge in [0.05, 0.1) is 38.1 Å². The Balaban J connectivity index is 1.52. The number of esters is 1. The van der Waals surface area contributed by atoms with Crippen LogP contribution in [0, 0.1) is 0 Å². The number of benzene rings is 2. The molecule has 0 aromatic heterocycles. The third-order valence-corrected chi connectivity index (χ3v) is 5.31. The van der Waals surface area contributed by atoms with Crippen molar-refractivity contribution in [1.82, 2.24) is 0 Å². The Bertz CT molecular complexity index is 866. The van der Waals surface area contributed by atoms with Crippen molar-refractivity contribution in [1.29, 1.82) is 0 Å². The molecule has 3 rings (SSSR count). The SMILES string of the molecule is COc1ccc(COC[C@H](O)C[C@H]2OC(C)(C)O[C@]2(C)COC(=O)c2ccccc2)cc1. The van der Waals surface area contributed by atoms with Crippen LogP contribution in [0.1, 0.15) is 43.1 Å². The summed E-state index contributed by atoms with van der Waals surface area (Å²) in [6, 6.07) is 16.3. The fourth-order valence-corrected chi connectivity index (χ4v) is 3.75. The summed E-state index contributed by atoms with van der Waals surface area (Å²) in [7, 11) is 1.62. The summed E-state index contributed by atoms with van der Waals surface area (Å²) in [6.45, 7) is 5.96. The van der Waals surface area contributed by atoms with Gasteiger partial charge in [0.1, 0.15) is 18.0 Å². The predicted octanol–water partition coefficient (Wildman–Crippen LogP) is 3.73. The van der Waals surface area contributed by atoms with Gasteiger partial charge in [-0.1, -0.05) is 30.3 Å². The molecule has 1 heterocycles. The van der Waals surface area contributed by atoms with Gasteiger partial charge in [0.15, 0.2) is 5.79 Å². The Hall–Kier alpha value is -2.45. The maximum atomic E-state index is 12.4. The number of carbonyl (C=O) groups excluding carboxylic acids is 1. The van der Waals surface area contributed by atoms with E-state index in [1.807, 2.05) is 37.3 Å². The van der Waals surface area contributed by atoms with E-state index in [2.05, 4.69) is 0 Å². The lowest BCUT2D eigenvalue weighted by atomic mass is 9.95. The summed E-state index contributed by atoms with van der Waals surface area (Å²) >= 11 is 0. The average molecular weight is 445 g/mol. The summed E-state index contributed by atoms with van der Waals surface area (Å²) < 4.78 is 28.4. The highest BCUT2D eigenvalue weighted by atomic mass is 16.8. The number of ether oxygens (including phenoxy) is 5. The molecule has 7 nitrogen and oxygen atoms in total. The van der Waals surface area contributed by atoms with Crippen LogP contribution in [0.15, 0.2) is 54.6 Å². The normalized spacial score (nSPS) is 23.0. The van der Waals surface area contributed by atoms with Gasteiger partial charge in [-0.3, -0.25) is 0 Å². The number of rotatable bonds is 10. The topological polar surface area (TPSA) is 83.5 Å². The largest absolute Gasteiger partial charge is 0.497 e. The molecule has 0 unspecified atom stereocenters. The molecular weight excluding hydrogens is 412 g/mol. The molecule has 174 valence electrons. The molecule has 7 heteroatoms. The van der Waals surface area contributed by atoms with Gasteiger partial charge in [0.25, 0.3) is 0 Å². The lowest BCUT2D eigenvalue weighted by Gasteiger charge is -2.29. The van der Waals surface area contributed by atoms with E-state index in [4.69, 9.17) is 23.7 Å². The first-order valence-electron chi connectivity index (χ1n) is 10.7. The van der Waals surface area contributed by atoms with Gasteiger partial charge in [-0.15, -0.1) is 0 Å².